The fourth-order valence-corrected chi connectivity index (χ4v) is 2.11. The van der Waals surface area contributed by atoms with Crippen molar-refractivity contribution in [2.24, 2.45) is 0 Å². The van der Waals surface area contributed by atoms with E-state index in [1.54, 1.807) is 24.3 Å². The fourth-order valence-electron chi connectivity index (χ4n) is 1.50. The van der Waals surface area contributed by atoms with Crippen molar-refractivity contribution in [2.45, 2.75) is 43.4 Å². The molecule has 0 aromatic heterocycles. The molecule has 0 aliphatic heterocycles. The number of thioether (sulfide) groups is 1. The third-order valence-electron chi connectivity index (χ3n) is 2.90. The third-order valence-corrected chi connectivity index (χ3v) is 3.69. The second-order valence-corrected chi connectivity index (χ2v) is 6.05. The summed E-state index contributed by atoms with van der Waals surface area (Å²) in [6.45, 7) is 5.92. The zero-order valence-electron chi connectivity index (χ0n) is 11.9. The maximum absolute atomic E-state index is 12.4. The molecule has 1 amide bonds. The Balaban J connectivity index is 2.59. The van der Waals surface area contributed by atoms with Gasteiger partial charge in [-0.25, -0.2) is 0 Å². The lowest BCUT2D eigenvalue weighted by molar-refractivity contribution is -0.121. The van der Waals surface area contributed by atoms with Crippen molar-refractivity contribution < 1.29 is 13.6 Å². The van der Waals surface area contributed by atoms with Crippen molar-refractivity contribution in [2.75, 3.05) is 11.9 Å². The van der Waals surface area contributed by atoms with E-state index in [2.05, 4.69) is 10.6 Å². The van der Waals surface area contributed by atoms with Gasteiger partial charge in [-0.2, -0.15) is 8.78 Å². The number of alkyl halides is 2. The molecule has 20 heavy (non-hydrogen) atoms. The zero-order valence-corrected chi connectivity index (χ0v) is 12.7. The number of para-hydroxylation sites is 1. The van der Waals surface area contributed by atoms with Crippen molar-refractivity contribution in [1.29, 1.82) is 0 Å². The number of carbonyl (C=O) groups excluding carboxylic acids is 1. The van der Waals surface area contributed by atoms with Gasteiger partial charge in [0.25, 0.3) is 5.76 Å². The van der Waals surface area contributed by atoms with E-state index in [0.29, 0.717) is 22.3 Å². The average molecular weight is 302 g/mol. The van der Waals surface area contributed by atoms with Crippen LogP contribution in [-0.4, -0.2) is 23.7 Å². The Kier molecular flexibility index (Phi) is 6.26. The van der Waals surface area contributed by atoms with Gasteiger partial charge in [0.2, 0.25) is 5.91 Å². The highest BCUT2D eigenvalue weighted by Crippen LogP contribution is 2.31. The first-order valence-corrected chi connectivity index (χ1v) is 7.31. The molecule has 0 fully saturated rings. The van der Waals surface area contributed by atoms with Crippen LogP contribution in [0, 0.1) is 0 Å². The number of halogens is 2. The first-order valence-electron chi connectivity index (χ1n) is 6.43. The van der Waals surface area contributed by atoms with Gasteiger partial charge in [0.1, 0.15) is 0 Å². The molecule has 1 rings (SSSR count). The molecule has 2 N–H and O–H groups in total. The zero-order chi connectivity index (χ0) is 15.2. The van der Waals surface area contributed by atoms with E-state index in [1.807, 2.05) is 20.8 Å². The summed E-state index contributed by atoms with van der Waals surface area (Å²) in [5.41, 5.74) is 0.276. The van der Waals surface area contributed by atoms with Gasteiger partial charge >= 0.3 is 0 Å². The number of nitrogens with one attached hydrogen (secondary N) is 2. The summed E-state index contributed by atoms with van der Waals surface area (Å²) in [4.78, 5) is 12.2. The van der Waals surface area contributed by atoms with E-state index in [1.165, 1.54) is 0 Å². The van der Waals surface area contributed by atoms with Gasteiger partial charge < -0.3 is 10.6 Å². The molecule has 6 heteroatoms. The van der Waals surface area contributed by atoms with Gasteiger partial charge in [-0.3, -0.25) is 4.79 Å². The van der Waals surface area contributed by atoms with Crippen LogP contribution in [-0.2, 0) is 4.79 Å². The van der Waals surface area contributed by atoms with Gasteiger partial charge in [-0.1, -0.05) is 30.8 Å². The Labute approximate surface area is 122 Å². The summed E-state index contributed by atoms with van der Waals surface area (Å²) >= 11 is 0.467. The predicted molar refractivity (Wildman–Crippen MR) is 79.3 cm³/mol. The van der Waals surface area contributed by atoms with Crippen LogP contribution in [0.2, 0.25) is 0 Å². The van der Waals surface area contributed by atoms with Crippen LogP contribution in [0.3, 0.4) is 0 Å². The number of hydrogen-bond acceptors (Lipinski definition) is 3. The summed E-state index contributed by atoms with van der Waals surface area (Å²) < 4.78 is 24.8. The number of carbonyl (C=O) groups is 1. The Morgan fingerprint density at radius 2 is 2.00 bits per heavy atom. The highest BCUT2D eigenvalue weighted by atomic mass is 32.2. The van der Waals surface area contributed by atoms with Crippen LogP contribution < -0.4 is 10.6 Å². The molecule has 0 aliphatic rings. The minimum absolute atomic E-state index is 0.0598. The van der Waals surface area contributed by atoms with E-state index in [9.17, 15) is 13.6 Å². The number of rotatable bonds is 7. The van der Waals surface area contributed by atoms with Crippen molar-refractivity contribution in [1.82, 2.24) is 5.32 Å². The smallest absolute Gasteiger partial charge is 0.288 e. The molecule has 112 valence electrons. The van der Waals surface area contributed by atoms with E-state index in [4.69, 9.17) is 0 Å². The predicted octanol–water partition coefficient (Wildman–Crippen LogP) is 3.72. The average Bonchev–Trinajstić information content (AvgIpc) is 2.36. The topological polar surface area (TPSA) is 41.1 Å². The number of benzene rings is 1. The van der Waals surface area contributed by atoms with E-state index < -0.39 is 5.76 Å². The molecule has 0 radical (unpaired) electrons. The van der Waals surface area contributed by atoms with Gasteiger partial charge in [0.05, 0.1) is 6.54 Å². The van der Waals surface area contributed by atoms with Crippen molar-refractivity contribution in [3.05, 3.63) is 24.3 Å². The van der Waals surface area contributed by atoms with Crippen molar-refractivity contribution in [3.8, 4) is 0 Å². The largest absolute Gasteiger partial charge is 0.375 e. The van der Waals surface area contributed by atoms with Crippen molar-refractivity contribution in [3.63, 3.8) is 0 Å². The second kappa shape index (κ2) is 7.47. The standard InChI is InChI=1S/C14H20F2N2OS/c1-4-14(2,3)18-12(19)9-17-10-7-5-6-8-11(10)20-13(15)16/h5-8,13,17H,4,9H2,1-3H3,(H,18,19). The van der Waals surface area contributed by atoms with Gasteiger partial charge in [-0.15, -0.1) is 0 Å². The summed E-state index contributed by atoms with van der Waals surface area (Å²) in [6, 6.07) is 6.72. The maximum atomic E-state index is 12.4. The third kappa shape index (κ3) is 5.77. The molecule has 0 unspecified atom stereocenters. The van der Waals surface area contributed by atoms with Crippen LogP contribution >= 0.6 is 11.8 Å². The van der Waals surface area contributed by atoms with Crippen LogP contribution in [0.5, 0.6) is 0 Å². The quantitative estimate of drug-likeness (QED) is 0.754. The lowest BCUT2D eigenvalue weighted by Crippen LogP contribution is -2.45. The molecule has 0 heterocycles. The van der Waals surface area contributed by atoms with Gasteiger partial charge in [-0.05, 0) is 32.4 Å². The molecule has 1 aromatic carbocycles. The number of hydrogen-bond donors (Lipinski definition) is 2. The maximum Gasteiger partial charge on any atom is 0.288 e. The van der Waals surface area contributed by atoms with Crippen LogP contribution in [0.4, 0.5) is 14.5 Å². The van der Waals surface area contributed by atoms with Crippen molar-refractivity contribution >= 4 is 23.4 Å². The summed E-state index contributed by atoms with van der Waals surface area (Å²) in [5, 5.41) is 5.78. The lowest BCUT2D eigenvalue weighted by Gasteiger charge is -2.24. The highest BCUT2D eigenvalue weighted by Gasteiger charge is 2.17. The Morgan fingerprint density at radius 3 is 2.60 bits per heavy atom. The molecule has 1 aromatic rings. The van der Waals surface area contributed by atoms with E-state index in [0.717, 1.165) is 6.42 Å². The molecular weight excluding hydrogens is 282 g/mol. The van der Waals surface area contributed by atoms with Gasteiger partial charge in [0, 0.05) is 16.1 Å². The highest BCUT2D eigenvalue weighted by molar-refractivity contribution is 7.99. The number of anilines is 1. The van der Waals surface area contributed by atoms with E-state index >= 15 is 0 Å². The van der Waals surface area contributed by atoms with Crippen LogP contribution in [0.15, 0.2) is 29.2 Å². The molecule has 0 bridgehead atoms. The lowest BCUT2D eigenvalue weighted by atomic mass is 10.0. The minimum atomic E-state index is -2.48. The molecule has 0 saturated carbocycles. The first kappa shape index (κ1) is 16.8. The summed E-state index contributed by atoms with van der Waals surface area (Å²) in [6.07, 6.45) is 0.816. The number of amides is 1. The molecule has 0 saturated heterocycles. The van der Waals surface area contributed by atoms with Crippen LogP contribution in [0.1, 0.15) is 27.2 Å². The molecule has 0 spiro atoms. The molecule has 0 atom stereocenters. The Bertz CT molecular complexity index is 453. The Morgan fingerprint density at radius 1 is 1.35 bits per heavy atom. The molecule has 3 nitrogen and oxygen atoms in total. The monoisotopic (exact) mass is 302 g/mol. The van der Waals surface area contributed by atoms with Gasteiger partial charge in [0.15, 0.2) is 0 Å². The fraction of sp³-hybridized carbons (Fsp3) is 0.500. The first-order chi connectivity index (χ1) is 9.34. The Hall–Kier alpha value is -1.30. The SMILES string of the molecule is CCC(C)(C)NC(=O)CNc1ccccc1SC(F)F. The summed E-state index contributed by atoms with van der Waals surface area (Å²) in [7, 11) is 0. The minimum Gasteiger partial charge on any atom is -0.375 e. The van der Waals surface area contributed by atoms with E-state index in [-0.39, 0.29) is 18.0 Å². The second-order valence-electron chi connectivity index (χ2n) is 5.01. The van der Waals surface area contributed by atoms with Crippen LogP contribution in [0.25, 0.3) is 0 Å². The summed E-state index contributed by atoms with van der Waals surface area (Å²) in [5.74, 6) is -2.64. The normalized spacial score (nSPS) is 11.5. The molecular formula is C14H20F2N2OS. The molecule has 0 aliphatic carbocycles.